The lowest BCUT2D eigenvalue weighted by Crippen LogP contribution is -2.10. The third kappa shape index (κ3) is 7.95. The molecule has 1 rings (SSSR count). The Morgan fingerprint density at radius 3 is 2.00 bits per heavy atom. The molecule has 3 N–H and O–H groups in total. The van der Waals surface area contributed by atoms with Gasteiger partial charge in [0.05, 0.1) is 5.57 Å². The first-order valence-corrected chi connectivity index (χ1v) is 8.88. The lowest BCUT2D eigenvalue weighted by molar-refractivity contribution is -0.130. The maximum absolute atomic E-state index is 11.2. The van der Waals surface area contributed by atoms with Gasteiger partial charge in [-0.25, -0.2) is 4.79 Å². The number of carboxylic acid groups (broad SMARTS) is 1. The zero-order valence-electron chi connectivity index (χ0n) is 14.6. The summed E-state index contributed by atoms with van der Waals surface area (Å²) in [5.74, 6) is -1.90. The van der Waals surface area contributed by atoms with E-state index in [2.05, 4.69) is 6.92 Å². The maximum atomic E-state index is 11.2. The molecule has 0 aliphatic heterocycles. The predicted octanol–water partition coefficient (Wildman–Crippen LogP) is 4.32. The maximum Gasteiger partial charge on any atom is 0.336 e. The van der Waals surface area contributed by atoms with Crippen molar-refractivity contribution in [2.75, 3.05) is 0 Å². The molecule has 0 fully saturated rings. The zero-order valence-corrected chi connectivity index (χ0v) is 14.6. The van der Waals surface area contributed by atoms with Crippen LogP contribution in [0.15, 0.2) is 30.3 Å². The van der Waals surface area contributed by atoms with Crippen molar-refractivity contribution in [1.82, 2.24) is 0 Å². The number of aliphatic carboxylic acids is 1. The van der Waals surface area contributed by atoms with Gasteiger partial charge < -0.3 is 10.8 Å². The average molecular weight is 331 g/mol. The first kappa shape index (κ1) is 19.9. The summed E-state index contributed by atoms with van der Waals surface area (Å²) < 4.78 is 0. The van der Waals surface area contributed by atoms with Crippen LogP contribution in [0.25, 0.3) is 5.57 Å². The van der Waals surface area contributed by atoms with Crippen LogP contribution in [-0.2, 0) is 16.0 Å². The molecule has 0 aliphatic carbocycles. The minimum Gasteiger partial charge on any atom is -0.478 e. The van der Waals surface area contributed by atoms with Crippen LogP contribution >= 0.6 is 0 Å². The molecule has 0 aromatic heterocycles. The van der Waals surface area contributed by atoms with Gasteiger partial charge in [-0.1, -0.05) is 76.1 Å². The normalized spacial score (nSPS) is 11.5. The first-order valence-electron chi connectivity index (χ1n) is 8.88. The number of carbonyl (C=O) groups is 2. The van der Waals surface area contributed by atoms with Crippen molar-refractivity contribution in [3.05, 3.63) is 41.5 Å². The molecule has 0 bridgehead atoms. The monoisotopic (exact) mass is 331 g/mol. The fraction of sp³-hybridized carbons (Fsp3) is 0.500. The summed E-state index contributed by atoms with van der Waals surface area (Å²) in [7, 11) is 0. The molecular formula is C20H29NO3. The van der Waals surface area contributed by atoms with Gasteiger partial charge in [0.25, 0.3) is 0 Å². The van der Waals surface area contributed by atoms with Crippen LogP contribution < -0.4 is 5.73 Å². The van der Waals surface area contributed by atoms with E-state index in [9.17, 15) is 9.59 Å². The van der Waals surface area contributed by atoms with E-state index in [-0.39, 0.29) is 5.57 Å². The van der Waals surface area contributed by atoms with Gasteiger partial charge in [0, 0.05) is 6.08 Å². The van der Waals surface area contributed by atoms with Crippen LogP contribution in [0.1, 0.15) is 69.4 Å². The minimum atomic E-state index is -1.15. The standard InChI is InChI=1S/C20H29NO3/c1-2-3-4-5-6-7-8-9-10-16-11-13-17(14-12-16)18(20(23)24)15-19(21)22/h11-15H,2-10H2,1H3,(H2,21,22)(H,23,24)/b18-15-. The summed E-state index contributed by atoms with van der Waals surface area (Å²) >= 11 is 0. The number of nitrogens with two attached hydrogens (primary N) is 1. The van der Waals surface area contributed by atoms with Crippen LogP contribution in [0, 0.1) is 0 Å². The van der Waals surface area contributed by atoms with Gasteiger partial charge in [-0.05, 0) is 24.0 Å². The van der Waals surface area contributed by atoms with Crippen molar-refractivity contribution in [3.63, 3.8) is 0 Å². The largest absolute Gasteiger partial charge is 0.478 e. The van der Waals surface area contributed by atoms with Crippen LogP contribution in [0.3, 0.4) is 0 Å². The summed E-state index contributed by atoms with van der Waals surface area (Å²) in [5.41, 5.74) is 6.67. The number of amides is 1. The summed E-state index contributed by atoms with van der Waals surface area (Å²) in [4.78, 5) is 22.1. The highest BCUT2D eigenvalue weighted by Gasteiger charge is 2.11. The Balaban J connectivity index is 2.39. The predicted molar refractivity (Wildman–Crippen MR) is 97.6 cm³/mol. The Bertz CT molecular complexity index is 547. The Morgan fingerprint density at radius 2 is 1.50 bits per heavy atom. The van der Waals surface area contributed by atoms with E-state index >= 15 is 0 Å². The van der Waals surface area contributed by atoms with Gasteiger partial charge >= 0.3 is 5.97 Å². The molecule has 0 saturated carbocycles. The van der Waals surface area contributed by atoms with E-state index in [1.165, 1.54) is 50.5 Å². The molecule has 0 spiro atoms. The van der Waals surface area contributed by atoms with Crippen LogP contribution in [0.4, 0.5) is 0 Å². The highest BCUT2D eigenvalue weighted by atomic mass is 16.4. The number of aryl methyl sites for hydroxylation is 1. The molecule has 4 nitrogen and oxygen atoms in total. The smallest absolute Gasteiger partial charge is 0.336 e. The van der Waals surface area contributed by atoms with Crippen molar-refractivity contribution >= 4 is 17.4 Å². The number of carboxylic acids is 1. The number of hydrogen-bond donors (Lipinski definition) is 2. The van der Waals surface area contributed by atoms with E-state index in [4.69, 9.17) is 10.8 Å². The Morgan fingerprint density at radius 1 is 0.958 bits per heavy atom. The average Bonchev–Trinajstić information content (AvgIpc) is 2.55. The summed E-state index contributed by atoms with van der Waals surface area (Å²) in [5, 5.41) is 9.15. The van der Waals surface area contributed by atoms with Crippen LogP contribution in [-0.4, -0.2) is 17.0 Å². The molecule has 4 heteroatoms. The molecule has 1 aromatic rings. The van der Waals surface area contributed by atoms with Crippen molar-refractivity contribution in [2.24, 2.45) is 5.73 Å². The molecule has 0 unspecified atom stereocenters. The minimum absolute atomic E-state index is 0.0684. The third-order valence-electron chi connectivity index (χ3n) is 4.10. The molecule has 24 heavy (non-hydrogen) atoms. The Kier molecular flexibility index (Phi) is 9.51. The van der Waals surface area contributed by atoms with Gasteiger partial charge in [0.1, 0.15) is 0 Å². The quantitative estimate of drug-likeness (QED) is 0.442. The Hall–Kier alpha value is -2.10. The van der Waals surface area contributed by atoms with Gasteiger partial charge in [0.15, 0.2) is 0 Å². The second kappa shape index (κ2) is 11.4. The van der Waals surface area contributed by atoms with Gasteiger partial charge in [-0.3, -0.25) is 4.79 Å². The molecular weight excluding hydrogens is 302 g/mol. The topological polar surface area (TPSA) is 80.4 Å². The van der Waals surface area contributed by atoms with Crippen molar-refractivity contribution in [1.29, 1.82) is 0 Å². The summed E-state index contributed by atoms with van der Waals surface area (Å²) in [6.45, 7) is 2.23. The number of unbranched alkanes of at least 4 members (excludes halogenated alkanes) is 7. The summed E-state index contributed by atoms with van der Waals surface area (Å²) in [6, 6.07) is 7.33. The highest BCUT2D eigenvalue weighted by molar-refractivity contribution is 6.20. The van der Waals surface area contributed by atoms with Gasteiger partial charge in [-0.15, -0.1) is 0 Å². The van der Waals surface area contributed by atoms with E-state index in [1.807, 2.05) is 12.1 Å². The number of primary amides is 1. The van der Waals surface area contributed by atoms with Crippen molar-refractivity contribution in [3.8, 4) is 0 Å². The second-order valence-corrected chi connectivity index (χ2v) is 6.19. The molecule has 0 saturated heterocycles. The van der Waals surface area contributed by atoms with E-state index in [0.29, 0.717) is 5.56 Å². The molecule has 0 aliphatic rings. The second-order valence-electron chi connectivity index (χ2n) is 6.19. The van der Waals surface area contributed by atoms with E-state index in [0.717, 1.165) is 18.9 Å². The summed E-state index contributed by atoms with van der Waals surface area (Å²) in [6.07, 6.45) is 12.3. The molecule has 1 aromatic carbocycles. The van der Waals surface area contributed by atoms with Crippen LogP contribution in [0.2, 0.25) is 0 Å². The third-order valence-corrected chi connectivity index (χ3v) is 4.10. The lowest BCUT2D eigenvalue weighted by atomic mass is 10.0. The lowest BCUT2D eigenvalue weighted by Gasteiger charge is -2.05. The van der Waals surface area contributed by atoms with E-state index < -0.39 is 11.9 Å². The molecule has 0 atom stereocenters. The highest BCUT2D eigenvalue weighted by Crippen LogP contribution is 2.17. The molecule has 0 radical (unpaired) electrons. The SMILES string of the molecule is CCCCCCCCCCc1ccc(/C(=C/C(N)=O)C(=O)O)cc1. The van der Waals surface area contributed by atoms with Crippen LogP contribution in [0.5, 0.6) is 0 Å². The number of rotatable bonds is 12. The van der Waals surface area contributed by atoms with Gasteiger partial charge in [0.2, 0.25) is 5.91 Å². The zero-order chi connectivity index (χ0) is 17.8. The number of carbonyl (C=O) groups excluding carboxylic acids is 1. The fourth-order valence-corrected chi connectivity index (χ4v) is 2.72. The number of benzene rings is 1. The first-order chi connectivity index (χ1) is 11.5. The molecule has 0 heterocycles. The molecule has 1 amide bonds. The Labute approximate surface area is 144 Å². The fourth-order valence-electron chi connectivity index (χ4n) is 2.72. The van der Waals surface area contributed by atoms with Gasteiger partial charge in [-0.2, -0.15) is 0 Å². The molecule has 132 valence electrons. The number of hydrogen-bond acceptors (Lipinski definition) is 2. The van der Waals surface area contributed by atoms with Crippen molar-refractivity contribution in [2.45, 2.75) is 64.7 Å². The van der Waals surface area contributed by atoms with Crippen molar-refractivity contribution < 1.29 is 14.7 Å². The van der Waals surface area contributed by atoms with E-state index in [1.54, 1.807) is 12.1 Å².